The highest BCUT2D eigenvalue weighted by atomic mass is 16.4. The molecule has 0 aromatic carbocycles. The van der Waals surface area contributed by atoms with Gasteiger partial charge in [0.25, 0.3) is 0 Å². The number of hydrogen-bond donors (Lipinski definition) is 1. The normalized spacial score (nSPS) is 10.4. The van der Waals surface area contributed by atoms with Crippen molar-refractivity contribution in [1.29, 1.82) is 0 Å². The molecule has 62 valence electrons. The zero-order valence-corrected chi connectivity index (χ0v) is 7.05. The third-order valence-corrected chi connectivity index (χ3v) is 1.45. The molecule has 0 aliphatic heterocycles. The molecule has 0 aliphatic carbocycles. The minimum absolute atomic E-state index is 0.781. The zero-order valence-electron chi connectivity index (χ0n) is 7.05. The molecular weight excluding hydrogens is 140 g/mol. The van der Waals surface area contributed by atoms with Crippen LogP contribution in [0, 0.1) is 0 Å². The Hall–Kier alpha value is -0.830. The molecule has 3 nitrogen and oxygen atoms in total. The summed E-state index contributed by atoms with van der Waals surface area (Å²) in [5.74, 6) is 1.74. The monoisotopic (exact) mass is 154 g/mol. The Bertz CT molecular complexity index is 208. The number of oxazole rings is 1. The highest BCUT2D eigenvalue weighted by Crippen LogP contribution is 2.02. The van der Waals surface area contributed by atoms with Gasteiger partial charge in [0.15, 0.2) is 5.89 Å². The summed E-state index contributed by atoms with van der Waals surface area (Å²) < 4.78 is 5.36. The average molecular weight is 154 g/mol. The summed E-state index contributed by atoms with van der Waals surface area (Å²) in [4.78, 5) is 4.08. The molecule has 0 atom stereocenters. The fraction of sp³-hybridized carbons (Fsp3) is 0.625. The molecule has 0 saturated carbocycles. The fourth-order valence-electron chi connectivity index (χ4n) is 0.841. The van der Waals surface area contributed by atoms with E-state index in [9.17, 15) is 0 Å². The average Bonchev–Trinajstić information content (AvgIpc) is 2.48. The number of aromatic nitrogens is 1. The Kier molecular flexibility index (Phi) is 3.11. The van der Waals surface area contributed by atoms with E-state index in [0.29, 0.717) is 0 Å². The van der Waals surface area contributed by atoms with Crippen LogP contribution < -0.4 is 5.32 Å². The van der Waals surface area contributed by atoms with Gasteiger partial charge < -0.3 is 9.73 Å². The molecule has 11 heavy (non-hydrogen) atoms. The summed E-state index contributed by atoms with van der Waals surface area (Å²) in [5, 5.41) is 3.17. The summed E-state index contributed by atoms with van der Waals surface area (Å²) in [5.41, 5.74) is 0. The summed E-state index contributed by atoms with van der Waals surface area (Å²) in [7, 11) is 0. The van der Waals surface area contributed by atoms with Gasteiger partial charge in [0, 0.05) is 6.42 Å². The summed E-state index contributed by atoms with van der Waals surface area (Å²) in [6.07, 6.45) is 2.65. The van der Waals surface area contributed by atoms with E-state index in [-0.39, 0.29) is 0 Å². The van der Waals surface area contributed by atoms with Crippen LogP contribution in [-0.2, 0) is 13.0 Å². The lowest BCUT2D eigenvalue weighted by molar-refractivity contribution is 0.445. The molecule has 1 rings (SSSR count). The van der Waals surface area contributed by atoms with Crippen molar-refractivity contribution in [3.8, 4) is 0 Å². The number of nitrogens with one attached hydrogen (secondary N) is 1. The molecule has 1 heterocycles. The number of aryl methyl sites for hydroxylation is 1. The van der Waals surface area contributed by atoms with Gasteiger partial charge in [-0.1, -0.05) is 13.8 Å². The molecule has 0 unspecified atom stereocenters. The Labute approximate surface area is 66.8 Å². The highest BCUT2D eigenvalue weighted by Gasteiger charge is 1.99. The maximum Gasteiger partial charge on any atom is 0.194 e. The minimum Gasteiger partial charge on any atom is -0.444 e. The van der Waals surface area contributed by atoms with E-state index in [1.165, 1.54) is 0 Å². The molecule has 1 N–H and O–H groups in total. The maximum absolute atomic E-state index is 5.36. The van der Waals surface area contributed by atoms with Crippen molar-refractivity contribution in [2.24, 2.45) is 0 Å². The quantitative estimate of drug-likeness (QED) is 0.711. The zero-order chi connectivity index (χ0) is 8.10. The first-order valence-corrected chi connectivity index (χ1v) is 4.01. The smallest absolute Gasteiger partial charge is 0.194 e. The maximum atomic E-state index is 5.36. The van der Waals surface area contributed by atoms with Crippen LogP contribution in [0.3, 0.4) is 0 Å². The highest BCUT2D eigenvalue weighted by molar-refractivity contribution is 4.93. The molecule has 1 aromatic heterocycles. The second-order valence-electron chi connectivity index (χ2n) is 2.35. The van der Waals surface area contributed by atoms with Gasteiger partial charge in [-0.05, 0) is 6.54 Å². The van der Waals surface area contributed by atoms with Crippen molar-refractivity contribution < 1.29 is 4.42 Å². The summed E-state index contributed by atoms with van der Waals surface area (Å²) in [6.45, 7) is 5.84. The Morgan fingerprint density at radius 2 is 2.36 bits per heavy atom. The van der Waals surface area contributed by atoms with Crippen LogP contribution >= 0.6 is 0 Å². The van der Waals surface area contributed by atoms with Crippen molar-refractivity contribution >= 4 is 0 Å². The van der Waals surface area contributed by atoms with E-state index in [4.69, 9.17) is 4.42 Å². The van der Waals surface area contributed by atoms with Crippen molar-refractivity contribution in [1.82, 2.24) is 10.3 Å². The van der Waals surface area contributed by atoms with Gasteiger partial charge in [-0.3, -0.25) is 0 Å². The van der Waals surface area contributed by atoms with Gasteiger partial charge in [-0.25, -0.2) is 4.98 Å². The lowest BCUT2D eigenvalue weighted by Gasteiger charge is -1.94. The van der Waals surface area contributed by atoms with Gasteiger partial charge in [-0.15, -0.1) is 0 Å². The second kappa shape index (κ2) is 4.13. The number of nitrogens with zero attached hydrogens (tertiary/aromatic N) is 1. The molecule has 1 aromatic rings. The third-order valence-electron chi connectivity index (χ3n) is 1.45. The van der Waals surface area contributed by atoms with E-state index in [2.05, 4.69) is 17.2 Å². The van der Waals surface area contributed by atoms with Crippen LogP contribution in [0.4, 0.5) is 0 Å². The van der Waals surface area contributed by atoms with Crippen molar-refractivity contribution in [3.63, 3.8) is 0 Å². The number of hydrogen-bond acceptors (Lipinski definition) is 3. The Morgan fingerprint density at radius 3 is 2.91 bits per heavy atom. The lowest BCUT2D eigenvalue weighted by atomic mass is 10.5. The standard InChI is InChI=1S/C8H14N2O/c1-3-8-10-6-7(11-8)5-9-4-2/h6,9H,3-5H2,1-2H3. The first kappa shape index (κ1) is 8.27. The van der Waals surface area contributed by atoms with Gasteiger partial charge in [0.2, 0.25) is 0 Å². The van der Waals surface area contributed by atoms with Crippen LogP contribution in [0.1, 0.15) is 25.5 Å². The van der Waals surface area contributed by atoms with Gasteiger partial charge in [0.05, 0.1) is 12.7 Å². The molecule has 0 saturated heterocycles. The third kappa shape index (κ3) is 2.35. The van der Waals surface area contributed by atoms with Crippen LogP contribution in [0.5, 0.6) is 0 Å². The van der Waals surface area contributed by atoms with Crippen molar-refractivity contribution in [2.45, 2.75) is 26.8 Å². The topological polar surface area (TPSA) is 38.1 Å². The Balaban J connectivity index is 2.44. The largest absolute Gasteiger partial charge is 0.444 e. The molecule has 0 aliphatic rings. The summed E-state index contributed by atoms with van der Waals surface area (Å²) in [6, 6.07) is 0. The predicted octanol–water partition coefficient (Wildman–Crippen LogP) is 1.35. The van der Waals surface area contributed by atoms with E-state index in [1.54, 1.807) is 6.20 Å². The van der Waals surface area contributed by atoms with Crippen molar-refractivity contribution in [3.05, 3.63) is 17.8 Å². The van der Waals surface area contributed by atoms with Crippen molar-refractivity contribution in [2.75, 3.05) is 6.54 Å². The fourth-order valence-corrected chi connectivity index (χ4v) is 0.841. The minimum atomic E-state index is 0.781. The molecular formula is C8H14N2O. The number of rotatable bonds is 4. The molecule has 0 spiro atoms. The van der Waals surface area contributed by atoms with Gasteiger partial charge >= 0.3 is 0 Å². The van der Waals surface area contributed by atoms with E-state index in [1.807, 2.05) is 6.92 Å². The van der Waals surface area contributed by atoms with Gasteiger partial charge in [-0.2, -0.15) is 0 Å². The van der Waals surface area contributed by atoms with Crippen LogP contribution in [-0.4, -0.2) is 11.5 Å². The molecule has 3 heteroatoms. The first-order valence-electron chi connectivity index (χ1n) is 4.01. The molecule has 0 radical (unpaired) electrons. The van der Waals surface area contributed by atoms with E-state index < -0.39 is 0 Å². The van der Waals surface area contributed by atoms with Crippen LogP contribution in [0.25, 0.3) is 0 Å². The predicted molar refractivity (Wildman–Crippen MR) is 43.3 cm³/mol. The molecule has 0 fully saturated rings. The Morgan fingerprint density at radius 1 is 1.55 bits per heavy atom. The summed E-state index contributed by atoms with van der Waals surface area (Å²) >= 11 is 0. The van der Waals surface area contributed by atoms with Gasteiger partial charge in [0.1, 0.15) is 5.76 Å². The van der Waals surface area contributed by atoms with Crippen LogP contribution in [0.2, 0.25) is 0 Å². The second-order valence-corrected chi connectivity index (χ2v) is 2.35. The van der Waals surface area contributed by atoms with E-state index in [0.717, 1.165) is 31.2 Å². The molecule has 0 amide bonds. The lowest BCUT2D eigenvalue weighted by Crippen LogP contribution is -2.10. The molecule has 0 bridgehead atoms. The SMILES string of the molecule is CCNCc1cnc(CC)o1. The first-order chi connectivity index (χ1) is 5.36. The van der Waals surface area contributed by atoms with Crippen LogP contribution in [0.15, 0.2) is 10.6 Å². The van der Waals surface area contributed by atoms with E-state index >= 15 is 0 Å².